The average Bonchev–Trinajstić information content (AvgIpc) is 3.23. The third kappa shape index (κ3) is 3.57. The van der Waals surface area contributed by atoms with E-state index in [1.54, 1.807) is 39.0 Å². The molecule has 32 heavy (non-hydrogen) atoms. The van der Waals surface area contributed by atoms with Crippen LogP contribution in [0.15, 0.2) is 50.5 Å². The van der Waals surface area contributed by atoms with E-state index >= 15 is 0 Å². The minimum atomic E-state index is -2.80. The van der Waals surface area contributed by atoms with Crippen molar-refractivity contribution in [3.05, 3.63) is 53.1 Å². The van der Waals surface area contributed by atoms with Crippen molar-refractivity contribution in [3.63, 3.8) is 0 Å². The van der Waals surface area contributed by atoms with E-state index in [-0.39, 0.29) is 17.2 Å². The number of nitrogens with zero attached hydrogens (tertiary/aromatic N) is 5. The van der Waals surface area contributed by atoms with Crippen molar-refractivity contribution in [3.8, 4) is 22.8 Å². The molecule has 0 amide bonds. The summed E-state index contributed by atoms with van der Waals surface area (Å²) in [6.45, 7) is 5.18. The number of hydrogen-bond acceptors (Lipinski definition) is 8. The van der Waals surface area contributed by atoms with Gasteiger partial charge in [0.2, 0.25) is 0 Å². The highest BCUT2D eigenvalue weighted by atomic mass is 35.5. The Bertz CT molecular complexity index is 1340. The zero-order valence-electron chi connectivity index (χ0n) is 18.0. The van der Waals surface area contributed by atoms with Crippen LogP contribution >= 0.6 is 11.6 Å². The summed E-state index contributed by atoms with van der Waals surface area (Å²) in [6, 6.07) is 6.13. The molecule has 2 atom stereocenters. The monoisotopic (exact) mass is 476 g/mol. The van der Waals surface area contributed by atoms with Crippen molar-refractivity contribution in [2.45, 2.75) is 31.1 Å². The normalized spacial score (nSPS) is 24.8. The maximum Gasteiger partial charge on any atom is 0.181 e. The summed E-state index contributed by atoms with van der Waals surface area (Å²) in [6.07, 6.45) is 2.91. The molecule has 1 unspecified atom stereocenters. The van der Waals surface area contributed by atoms with Gasteiger partial charge in [-0.1, -0.05) is 16.8 Å². The second-order valence-electron chi connectivity index (χ2n) is 8.24. The van der Waals surface area contributed by atoms with Crippen LogP contribution in [0.1, 0.15) is 26.3 Å². The lowest BCUT2D eigenvalue weighted by molar-refractivity contribution is 0.434. The highest BCUT2D eigenvalue weighted by Gasteiger charge is 2.47. The minimum Gasteiger partial charge on any atom is -0.386 e. The highest BCUT2D eigenvalue weighted by Crippen LogP contribution is 2.40. The highest BCUT2D eigenvalue weighted by molar-refractivity contribution is 7.95. The topological polar surface area (TPSA) is 120 Å². The van der Waals surface area contributed by atoms with Gasteiger partial charge in [-0.2, -0.15) is 0 Å². The molecule has 0 spiro atoms. The average molecular weight is 477 g/mol. The molecule has 0 fully saturated rings. The van der Waals surface area contributed by atoms with Crippen LogP contribution < -0.4 is 5.73 Å². The van der Waals surface area contributed by atoms with Gasteiger partial charge in [-0.3, -0.25) is 4.99 Å². The number of aliphatic imine (C=N–C) groups is 1. The molecule has 0 aliphatic carbocycles. The fourth-order valence-electron chi connectivity index (χ4n) is 3.64. The molecule has 0 saturated heterocycles. The molecule has 1 aromatic carbocycles. The second kappa shape index (κ2) is 7.63. The summed E-state index contributed by atoms with van der Waals surface area (Å²) < 4.78 is 37.2. The molecule has 1 aliphatic rings. The van der Waals surface area contributed by atoms with Gasteiger partial charge in [-0.25, -0.2) is 22.9 Å². The van der Waals surface area contributed by atoms with E-state index in [9.17, 15) is 8.60 Å². The number of amidine groups is 1. The van der Waals surface area contributed by atoms with E-state index in [2.05, 4.69) is 24.5 Å². The van der Waals surface area contributed by atoms with E-state index in [0.29, 0.717) is 27.9 Å². The Morgan fingerprint density at radius 1 is 1.22 bits per heavy atom. The molecular weight excluding hydrogens is 455 g/mol. The first-order valence-electron chi connectivity index (χ1n) is 9.72. The molecule has 4 rings (SSSR count). The third-order valence-corrected chi connectivity index (χ3v) is 9.29. The van der Waals surface area contributed by atoms with Crippen LogP contribution in [-0.4, -0.2) is 42.7 Å². The molecule has 11 heteroatoms. The van der Waals surface area contributed by atoms with Gasteiger partial charge < -0.3 is 10.3 Å². The molecule has 2 N–H and O–H groups in total. The van der Waals surface area contributed by atoms with Crippen molar-refractivity contribution in [2.75, 3.05) is 12.8 Å². The smallest absolute Gasteiger partial charge is 0.181 e. The fourth-order valence-corrected chi connectivity index (χ4v) is 6.04. The summed E-state index contributed by atoms with van der Waals surface area (Å²) in [5.41, 5.74) is 6.23. The Morgan fingerprint density at radius 2 is 1.91 bits per heavy atom. The largest absolute Gasteiger partial charge is 0.386 e. The molecule has 0 saturated carbocycles. The zero-order valence-corrected chi connectivity index (χ0v) is 19.5. The standard InChI is InChI=1S/C21H22ClFN6O2S/c1-20(2)19(24)28-21(3,11-32(20,30)25-4)14-7-12(5-6-15(14)23)17-8-16(29-31-17)18-26-9-13(22)10-27-18/h5-10H,11H2,1-4H3,(H2,24,28)/t21-,32?/m0/s1. The van der Waals surface area contributed by atoms with Gasteiger partial charge in [-0.15, -0.1) is 0 Å². The van der Waals surface area contributed by atoms with Gasteiger partial charge in [0.15, 0.2) is 17.3 Å². The third-order valence-electron chi connectivity index (χ3n) is 5.74. The van der Waals surface area contributed by atoms with Gasteiger partial charge >= 0.3 is 0 Å². The first-order chi connectivity index (χ1) is 15.0. The molecule has 8 nitrogen and oxygen atoms in total. The maximum atomic E-state index is 15.0. The molecular formula is C21H22ClFN6O2S. The summed E-state index contributed by atoms with van der Waals surface area (Å²) >= 11 is 5.83. The van der Waals surface area contributed by atoms with Crippen LogP contribution in [-0.2, 0) is 15.3 Å². The van der Waals surface area contributed by atoms with Gasteiger partial charge in [0, 0.05) is 36.6 Å². The van der Waals surface area contributed by atoms with Crippen LogP contribution in [0.25, 0.3) is 22.8 Å². The van der Waals surface area contributed by atoms with Crippen molar-refractivity contribution < 1.29 is 13.1 Å². The van der Waals surface area contributed by atoms with Crippen LogP contribution in [0.3, 0.4) is 0 Å². The van der Waals surface area contributed by atoms with E-state index < -0.39 is 25.8 Å². The van der Waals surface area contributed by atoms with Crippen molar-refractivity contribution in [2.24, 2.45) is 15.1 Å². The van der Waals surface area contributed by atoms with E-state index in [0.717, 1.165) is 0 Å². The molecule has 0 radical (unpaired) electrons. The number of hydrogen-bond donors (Lipinski definition) is 1. The predicted molar refractivity (Wildman–Crippen MR) is 122 cm³/mol. The number of benzene rings is 1. The number of aromatic nitrogens is 3. The number of nitrogens with two attached hydrogens (primary N) is 1. The van der Waals surface area contributed by atoms with E-state index in [4.69, 9.17) is 21.9 Å². The Kier molecular flexibility index (Phi) is 5.33. The molecule has 0 bridgehead atoms. The van der Waals surface area contributed by atoms with Crippen LogP contribution in [0.5, 0.6) is 0 Å². The minimum absolute atomic E-state index is 0.0326. The molecule has 3 aromatic rings. The zero-order chi connectivity index (χ0) is 23.3. The maximum absolute atomic E-state index is 15.0. The quantitative estimate of drug-likeness (QED) is 0.608. The van der Waals surface area contributed by atoms with Crippen LogP contribution in [0.2, 0.25) is 5.02 Å². The summed E-state index contributed by atoms with van der Waals surface area (Å²) in [7, 11) is -1.31. The lowest BCUT2D eigenvalue weighted by atomic mass is 9.91. The first kappa shape index (κ1) is 22.3. The van der Waals surface area contributed by atoms with Gasteiger partial charge in [0.05, 0.1) is 20.5 Å². The lowest BCUT2D eigenvalue weighted by Gasteiger charge is -2.40. The number of rotatable bonds is 3. The Morgan fingerprint density at radius 3 is 2.56 bits per heavy atom. The van der Waals surface area contributed by atoms with Crippen molar-refractivity contribution in [1.29, 1.82) is 0 Å². The van der Waals surface area contributed by atoms with Gasteiger partial charge in [-0.05, 0) is 39.0 Å². The fraction of sp³-hybridized carbons (Fsp3) is 0.333. The second-order valence-corrected chi connectivity index (χ2v) is 11.6. The predicted octanol–water partition coefficient (Wildman–Crippen LogP) is 4.05. The van der Waals surface area contributed by atoms with E-state index in [1.165, 1.54) is 25.5 Å². The Hall–Kier alpha value is -2.85. The van der Waals surface area contributed by atoms with Gasteiger partial charge in [0.25, 0.3) is 0 Å². The Labute approximate surface area is 190 Å². The van der Waals surface area contributed by atoms with Gasteiger partial charge in [0.1, 0.15) is 21.9 Å². The summed E-state index contributed by atoms with van der Waals surface area (Å²) in [5.74, 6) is 0.442. The van der Waals surface area contributed by atoms with Crippen molar-refractivity contribution in [1.82, 2.24) is 15.1 Å². The lowest BCUT2D eigenvalue weighted by Crippen LogP contribution is -2.54. The molecule has 3 heterocycles. The Balaban J connectivity index is 1.78. The molecule has 1 aliphatic heterocycles. The molecule has 168 valence electrons. The SMILES string of the molecule is CN=S1(=O)C[C@@](C)(c2cc(-c3cc(-c4ncc(Cl)cn4)no3)ccc2F)N=C(N)C1(C)C. The molecule has 2 aromatic heterocycles. The van der Waals surface area contributed by atoms with Crippen LogP contribution in [0.4, 0.5) is 4.39 Å². The summed E-state index contributed by atoms with van der Waals surface area (Å²) in [4.78, 5) is 12.8. The van der Waals surface area contributed by atoms with Crippen molar-refractivity contribution >= 4 is 27.2 Å². The first-order valence-corrected chi connectivity index (χ1v) is 11.8. The van der Waals surface area contributed by atoms with Crippen LogP contribution in [0, 0.1) is 5.82 Å². The van der Waals surface area contributed by atoms with E-state index in [1.807, 2.05) is 0 Å². The number of halogens is 2. The summed E-state index contributed by atoms with van der Waals surface area (Å²) in [5, 5.41) is 4.40.